The van der Waals surface area contributed by atoms with Gasteiger partial charge in [0.2, 0.25) is 0 Å². The van der Waals surface area contributed by atoms with Gasteiger partial charge in [-0.2, -0.15) is 13.2 Å². The third-order valence-electron chi connectivity index (χ3n) is 2.74. The van der Waals surface area contributed by atoms with E-state index in [1.54, 1.807) is 13.8 Å². The van der Waals surface area contributed by atoms with Crippen LogP contribution >= 0.6 is 11.3 Å². The minimum atomic E-state index is -4.40. The predicted octanol–water partition coefficient (Wildman–Crippen LogP) is 3.98. The second-order valence-electron chi connectivity index (χ2n) is 4.21. The molecule has 3 nitrogen and oxygen atoms in total. The van der Waals surface area contributed by atoms with E-state index in [0.29, 0.717) is 9.71 Å². The molecule has 0 aliphatic carbocycles. The molecule has 1 unspecified atom stereocenters. The van der Waals surface area contributed by atoms with Gasteiger partial charge < -0.3 is 4.74 Å². The first-order valence-corrected chi connectivity index (χ1v) is 6.79. The molecule has 0 aliphatic rings. The molecule has 1 heterocycles. The second kappa shape index (κ2) is 5.40. The van der Waals surface area contributed by atoms with Crippen molar-refractivity contribution in [2.45, 2.75) is 25.9 Å². The van der Waals surface area contributed by atoms with Crippen LogP contribution in [-0.4, -0.2) is 17.6 Å². The summed E-state index contributed by atoms with van der Waals surface area (Å²) in [5, 5.41) is 0.456. The number of halogens is 3. The van der Waals surface area contributed by atoms with Crippen molar-refractivity contribution in [3.8, 4) is 0 Å². The highest BCUT2D eigenvalue weighted by Crippen LogP contribution is 2.34. The Morgan fingerprint density at radius 1 is 1.45 bits per heavy atom. The Balaban J connectivity index is 2.36. The molecular weight excluding hydrogens is 291 g/mol. The van der Waals surface area contributed by atoms with Crippen LogP contribution in [0.25, 0.3) is 10.2 Å². The summed E-state index contributed by atoms with van der Waals surface area (Å²) in [6, 6.07) is 3.38. The lowest BCUT2D eigenvalue weighted by Crippen LogP contribution is -2.12. The topological polar surface area (TPSA) is 39.2 Å². The molecular formula is C13H12F3NO2S. The zero-order valence-corrected chi connectivity index (χ0v) is 11.6. The Morgan fingerprint density at radius 3 is 2.75 bits per heavy atom. The lowest BCUT2D eigenvalue weighted by atomic mass is 10.2. The maximum atomic E-state index is 12.6. The van der Waals surface area contributed by atoms with E-state index in [4.69, 9.17) is 4.74 Å². The number of carbonyl (C=O) groups excluding carboxylic acids is 1. The van der Waals surface area contributed by atoms with Crippen LogP contribution in [0.2, 0.25) is 0 Å². The van der Waals surface area contributed by atoms with Gasteiger partial charge in [0.1, 0.15) is 10.9 Å². The van der Waals surface area contributed by atoms with E-state index in [1.165, 1.54) is 17.4 Å². The number of esters is 1. The lowest BCUT2D eigenvalue weighted by Gasteiger charge is -2.06. The zero-order valence-electron chi connectivity index (χ0n) is 10.8. The normalized spacial score (nSPS) is 13.4. The number of benzene rings is 1. The smallest absolute Gasteiger partial charge is 0.416 e. The fourth-order valence-corrected chi connectivity index (χ4v) is 2.66. The average molecular weight is 303 g/mol. The summed E-state index contributed by atoms with van der Waals surface area (Å²) >= 11 is 1.20. The number of hydrogen-bond donors (Lipinski definition) is 0. The van der Waals surface area contributed by atoms with E-state index < -0.39 is 23.6 Å². The predicted molar refractivity (Wildman–Crippen MR) is 69.7 cm³/mol. The van der Waals surface area contributed by atoms with E-state index in [2.05, 4.69) is 4.98 Å². The van der Waals surface area contributed by atoms with Crippen molar-refractivity contribution in [3.05, 3.63) is 28.8 Å². The van der Waals surface area contributed by atoms with Crippen LogP contribution in [0.3, 0.4) is 0 Å². The Hall–Kier alpha value is -1.63. The molecule has 1 aromatic carbocycles. The van der Waals surface area contributed by atoms with Crippen LogP contribution in [0.1, 0.15) is 30.3 Å². The number of thiazole rings is 1. The molecule has 0 saturated carbocycles. The molecule has 7 heteroatoms. The summed E-state index contributed by atoms with van der Waals surface area (Å²) in [6.45, 7) is 3.57. The summed E-state index contributed by atoms with van der Waals surface area (Å²) in [6.07, 6.45) is -4.40. The largest absolute Gasteiger partial charge is 0.465 e. The first-order chi connectivity index (χ1) is 9.32. The van der Waals surface area contributed by atoms with Gasteiger partial charge in [-0.05, 0) is 32.0 Å². The third kappa shape index (κ3) is 2.92. The van der Waals surface area contributed by atoms with Crippen molar-refractivity contribution in [1.82, 2.24) is 4.98 Å². The average Bonchev–Trinajstić information content (AvgIpc) is 2.79. The maximum absolute atomic E-state index is 12.6. The molecule has 0 radical (unpaired) electrons. The molecule has 1 aromatic heterocycles. The molecule has 2 aromatic rings. The van der Waals surface area contributed by atoms with Crippen LogP contribution in [0.4, 0.5) is 13.2 Å². The monoisotopic (exact) mass is 303 g/mol. The van der Waals surface area contributed by atoms with Crippen LogP contribution in [0.15, 0.2) is 18.2 Å². The summed E-state index contributed by atoms with van der Waals surface area (Å²) in [4.78, 5) is 15.7. The van der Waals surface area contributed by atoms with Gasteiger partial charge in [-0.25, -0.2) is 4.98 Å². The van der Waals surface area contributed by atoms with Crippen molar-refractivity contribution in [2.75, 3.05) is 6.61 Å². The van der Waals surface area contributed by atoms with E-state index in [9.17, 15) is 18.0 Å². The summed E-state index contributed by atoms with van der Waals surface area (Å²) in [5.74, 6) is -1.01. The quantitative estimate of drug-likeness (QED) is 0.805. The molecule has 1 atom stereocenters. The number of alkyl halides is 3. The van der Waals surface area contributed by atoms with E-state index >= 15 is 0 Å². The third-order valence-corrected chi connectivity index (χ3v) is 3.96. The maximum Gasteiger partial charge on any atom is 0.416 e. The fraction of sp³-hybridized carbons (Fsp3) is 0.385. The number of nitrogens with zero attached hydrogens (tertiary/aromatic N) is 1. The van der Waals surface area contributed by atoms with Gasteiger partial charge in [-0.1, -0.05) is 0 Å². The SMILES string of the molecule is CCOC(=O)C(C)c1nc2cc(C(F)(F)F)ccc2s1. The summed E-state index contributed by atoms with van der Waals surface area (Å²) in [7, 11) is 0. The number of carbonyl (C=O) groups is 1. The highest BCUT2D eigenvalue weighted by molar-refractivity contribution is 7.18. The van der Waals surface area contributed by atoms with Gasteiger partial charge in [-0.15, -0.1) is 11.3 Å². The zero-order chi connectivity index (χ0) is 14.9. The number of aromatic nitrogens is 1. The van der Waals surface area contributed by atoms with E-state index in [1.807, 2.05) is 0 Å². The molecule has 0 amide bonds. The highest BCUT2D eigenvalue weighted by atomic mass is 32.1. The van der Waals surface area contributed by atoms with Gasteiger partial charge in [0.25, 0.3) is 0 Å². The Labute approximate surface area is 117 Å². The van der Waals surface area contributed by atoms with Gasteiger partial charge in [-0.3, -0.25) is 4.79 Å². The van der Waals surface area contributed by atoms with Gasteiger partial charge in [0.15, 0.2) is 0 Å². The fourth-order valence-electron chi connectivity index (χ4n) is 1.67. The highest BCUT2D eigenvalue weighted by Gasteiger charge is 2.31. The van der Waals surface area contributed by atoms with Gasteiger partial charge in [0, 0.05) is 0 Å². The molecule has 0 saturated heterocycles. The molecule has 2 rings (SSSR count). The minimum absolute atomic E-state index is 0.246. The molecule has 108 valence electrons. The van der Waals surface area contributed by atoms with Gasteiger partial charge >= 0.3 is 12.1 Å². The number of hydrogen-bond acceptors (Lipinski definition) is 4. The van der Waals surface area contributed by atoms with Gasteiger partial charge in [0.05, 0.1) is 22.4 Å². The lowest BCUT2D eigenvalue weighted by molar-refractivity contribution is -0.144. The molecule has 20 heavy (non-hydrogen) atoms. The Kier molecular flexibility index (Phi) is 3.99. The van der Waals surface area contributed by atoms with E-state index in [0.717, 1.165) is 12.1 Å². The Bertz CT molecular complexity index is 636. The summed E-state index contributed by atoms with van der Waals surface area (Å²) in [5.41, 5.74) is -0.499. The molecule has 0 fully saturated rings. The number of fused-ring (bicyclic) bond motifs is 1. The molecule has 0 aliphatic heterocycles. The number of ether oxygens (including phenoxy) is 1. The van der Waals surface area contributed by atoms with Crippen molar-refractivity contribution in [3.63, 3.8) is 0 Å². The summed E-state index contributed by atoms with van der Waals surface area (Å²) < 4.78 is 43.3. The van der Waals surface area contributed by atoms with Crippen molar-refractivity contribution in [2.24, 2.45) is 0 Å². The van der Waals surface area contributed by atoms with Crippen molar-refractivity contribution in [1.29, 1.82) is 0 Å². The van der Waals surface area contributed by atoms with Crippen LogP contribution in [0.5, 0.6) is 0 Å². The van der Waals surface area contributed by atoms with Crippen LogP contribution in [0, 0.1) is 0 Å². The Morgan fingerprint density at radius 2 is 2.15 bits per heavy atom. The van der Waals surface area contributed by atoms with Crippen molar-refractivity contribution >= 4 is 27.5 Å². The first-order valence-electron chi connectivity index (χ1n) is 5.97. The molecule has 0 spiro atoms. The number of rotatable bonds is 3. The first kappa shape index (κ1) is 14.8. The van der Waals surface area contributed by atoms with Crippen molar-refractivity contribution < 1.29 is 22.7 Å². The van der Waals surface area contributed by atoms with Crippen LogP contribution < -0.4 is 0 Å². The standard InChI is InChI=1S/C13H12F3NO2S/c1-3-19-12(18)7(2)11-17-9-6-8(13(14,15)16)4-5-10(9)20-11/h4-7H,3H2,1-2H3. The molecule has 0 bridgehead atoms. The van der Waals surface area contributed by atoms with Crippen LogP contribution in [-0.2, 0) is 15.7 Å². The molecule has 0 N–H and O–H groups in total. The minimum Gasteiger partial charge on any atom is -0.465 e. The van der Waals surface area contributed by atoms with E-state index in [-0.39, 0.29) is 12.1 Å². The second-order valence-corrected chi connectivity index (χ2v) is 5.27.